The number of phenols is 1. The number of aliphatic hydroxyl groups is 1. The number of aromatic hydroxyl groups is 1. The first-order chi connectivity index (χ1) is 10.8. The molecule has 0 saturated heterocycles. The van der Waals surface area contributed by atoms with Crippen molar-refractivity contribution in [3.63, 3.8) is 0 Å². The Balaban J connectivity index is 0.000000431. The Labute approximate surface area is 161 Å². The van der Waals surface area contributed by atoms with Gasteiger partial charge in [-0.2, -0.15) is 0 Å². The standard InChI is InChI=1S/C12H10O.C8H10O.Na.H/c13-12-8-6-11(7-9-12)10-4-2-1-3-5-10;9-7-6-8-4-2-1-3-5-8;;/h1-9,13H;1-5,9H,6-7H2;;/q;;+1;-1. The van der Waals surface area contributed by atoms with Gasteiger partial charge >= 0.3 is 29.6 Å². The SMILES string of the molecule is OCCc1ccccc1.Oc1ccc(-c2ccccc2)cc1.[H-].[Na+]. The summed E-state index contributed by atoms with van der Waals surface area (Å²) in [5, 5.41) is 17.6. The first kappa shape index (κ1) is 19.5. The Kier molecular flexibility index (Phi) is 9.34. The maximum atomic E-state index is 9.10. The van der Waals surface area contributed by atoms with Crippen LogP contribution in [0.15, 0.2) is 84.9 Å². The van der Waals surface area contributed by atoms with E-state index in [1.807, 2.05) is 72.8 Å². The van der Waals surface area contributed by atoms with Crippen LogP contribution in [-0.4, -0.2) is 16.8 Å². The van der Waals surface area contributed by atoms with Gasteiger partial charge in [-0.1, -0.05) is 72.8 Å². The molecule has 0 heterocycles. The van der Waals surface area contributed by atoms with E-state index in [0.717, 1.165) is 12.0 Å². The van der Waals surface area contributed by atoms with Crippen LogP contribution in [0.4, 0.5) is 0 Å². The molecule has 0 radical (unpaired) electrons. The molecule has 0 saturated carbocycles. The molecule has 0 aliphatic carbocycles. The van der Waals surface area contributed by atoms with Gasteiger partial charge in [0.05, 0.1) is 0 Å². The molecule has 0 aliphatic heterocycles. The van der Waals surface area contributed by atoms with Crippen molar-refractivity contribution in [3.8, 4) is 16.9 Å². The fourth-order valence-corrected chi connectivity index (χ4v) is 2.06. The monoisotopic (exact) mass is 316 g/mol. The molecule has 3 aromatic carbocycles. The zero-order chi connectivity index (χ0) is 15.6. The van der Waals surface area contributed by atoms with E-state index in [0.29, 0.717) is 5.75 Å². The summed E-state index contributed by atoms with van der Waals surface area (Å²) in [5.74, 6) is 0.305. The summed E-state index contributed by atoms with van der Waals surface area (Å²) < 4.78 is 0. The third kappa shape index (κ3) is 7.02. The molecule has 0 aliphatic rings. The molecular weight excluding hydrogens is 295 g/mol. The normalized spacial score (nSPS) is 9.26. The van der Waals surface area contributed by atoms with E-state index in [9.17, 15) is 0 Å². The van der Waals surface area contributed by atoms with Gasteiger partial charge in [0.1, 0.15) is 5.75 Å². The molecule has 0 spiro atoms. The molecule has 2 nitrogen and oxygen atoms in total. The van der Waals surface area contributed by atoms with Gasteiger partial charge in [-0.3, -0.25) is 0 Å². The summed E-state index contributed by atoms with van der Waals surface area (Å²) in [7, 11) is 0. The maximum absolute atomic E-state index is 9.10. The molecule has 0 bridgehead atoms. The summed E-state index contributed by atoms with van der Waals surface area (Å²) in [4.78, 5) is 0. The van der Waals surface area contributed by atoms with Crippen LogP contribution in [0.1, 0.15) is 6.99 Å². The van der Waals surface area contributed by atoms with Crippen LogP contribution in [0, 0.1) is 0 Å². The van der Waals surface area contributed by atoms with Crippen LogP contribution in [0.25, 0.3) is 11.1 Å². The van der Waals surface area contributed by atoms with Gasteiger partial charge < -0.3 is 11.6 Å². The Bertz CT molecular complexity index is 658. The molecule has 0 aromatic heterocycles. The van der Waals surface area contributed by atoms with Crippen LogP contribution in [0.3, 0.4) is 0 Å². The van der Waals surface area contributed by atoms with Gasteiger partial charge in [-0.05, 0) is 35.2 Å². The van der Waals surface area contributed by atoms with Crippen molar-refractivity contribution in [2.45, 2.75) is 6.42 Å². The Morgan fingerprint density at radius 1 is 0.652 bits per heavy atom. The minimum absolute atomic E-state index is 0. The molecule has 3 aromatic rings. The van der Waals surface area contributed by atoms with Crippen molar-refractivity contribution in [2.24, 2.45) is 0 Å². The fourth-order valence-electron chi connectivity index (χ4n) is 2.06. The first-order valence-corrected chi connectivity index (χ1v) is 7.29. The molecule has 0 amide bonds. The quantitative estimate of drug-likeness (QED) is 0.717. The Morgan fingerprint density at radius 2 is 1.13 bits per heavy atom. The fraction of sp³-hybridized carbons (Fsp3) is 0.100. The van der Waals surface area contributed by atoms with Crippen LogP contribution >= 0.6 is 0 Å². The predicted molar refractivity (Wildman–Crippen MR) is 91.9 cm³/mol. The summed E-state index contributed by atoms with van der Waals surface area (Å²) in [6, 6.07) is 27.2. The summed E-state index contributed by atoms with van der Waals surface area (Å²) >= 11 is 0. The number of rotatable bonds is 3. The molecule has 0 fully saturated rings. The van der Waals surface area contributed by atoms with E-state index in [2.05, 4.69) is 0 Å². The number of hydrogen-bond donors (Lipinski definition) is 2. The van der Waals surface area contributed by atoms with E-state index in [-0.39, 0.29) is 37.6 Å². The minimum Gasteiger partial charge on any atom is -1.00 e. The van der Waals surface area contributed by atoms with Crippen LogP contribution in [-0.2, 0) is 6.42 Å². The topological polar surface area (TPSA) is 40.5 Å². The van der Waals surface area contributed by atoms with Gasteiger partial charge in [-0.25, -0.2) is 0 Å². The van der Waals surface area contributed by atoms with E-state index in [1.165, 1.54) is 11.1 Å². The second-order valence-corrected chi connectivity index (χ2v) is 4.87. The molecule has 23 heavy (non-hydrogen) atoms. The van der Waals surface area contributed by atoms with Crippen molar-refractivity contribution in [3.05, 3.63) is 90.5 Å². The summed E-state index contributed by atoms with van der Waals surface area (Å²) in [6.45, 7) is 0.240. The molecule has 2 N–H and O–H groups in total. The van der Waals surface area contributed by atoms with E-state index in [1.54, 1.807) is 12.1 Å². The average Bonchev–Trinajstić information content (AvgIpc) is 2.58. The zero-order valence-electron chi connectivity index (χ0n) is 14.4. The second-order valence-electron chi connectivity index (χ2n) is 4.87. The van der Waals surface area contributed by atoms with Crippen molar-refractivity contribution in [1.29, 1.82) is 0 Å². The van der Waals surface area contributed by atoms with Crippen molar-refractivity contribution < 1.29 is 41.2 Å². The van der Waals surface area contributed by atoms with E-state index < -0.39 is 0 Å². The van der Waals surface area contributed by atoms with E-state index in [4.69, 9.17) is 10.2 Å². The van der Waals surface area contributed by atoms with Gasteiger partial charge in [0.15, 0.2) is 0 Å². The molecule has 0 unspecified atom stereocenters. The van der Waals surface area contributed by atoms with Gasteiger partial charge in [0, 0.05) is 6.61 Å². The molecular formula is C20H21NaO2. The minimum atomic E-state index is 0. The zero-order valence-corrected chi connectivity index (χ0v) is 15.4. The van der Waals surface area contributed by atoms with Crippen molar-refractivity contribution >= 4 is 0 Å². The molecule has 3 heteroatoms. The third-order valence-corrected chi connectivity index (χ3v) is 3.22. The van der Waals surface area contributed by atoms with Gasteiger partial charge in [0.25, 0.3) is 0 Å². The Hall–Kier alpha value is -1.58. The van der Waals surface area contributed by atoms with Gasteiger partial charge in [-0.15, -0.1) is 0 Å². The smallest absolute Gasteiger partial charge is 1.00 e. The number of aliphatic hydroxyl groups excluding tert-OH is 1. The summed E-state index contributed by atoms with van der Waals surface area (Å²) in [5.41, 5.74) is 3.49. The molecule has 0 atom stereocenters. The van der Waals surface area contributed by atoms with Crippen molar-refractivity contribution in [1.82, 2.24) is 0 Å². The Morgan fingerprint density at radius 3 is 1.65 bits per heavy atom. The number of benzene rings is 3. The third-order valence-electron chi connectivity index (χ3n) is 3.22. The molecule has 114 valence electrons. The average molecular weight is 316 g/mol. The number of hydrogen-bond acceptors (Lipinski definition) is 2. The second kappa shape index (κ2) is 11.0. The number of phenolic OH excluding ortho intramolecular Hbond substituents is 1. The largest absolute Gasteiger partial charge is 1.00 e. The van der Waals surface area contributed by atoms with Crippen molar-refractivity contribution in [2.75, 3.05) is 6.61 Å². The van der Waals surface area contributed by atoms with Crippen LogP contribution < -0.4 is 29.6 Å². The maximum Gasteiger partial charge on any atom is 1.00 e. The first-order valence-electron chi connectivity index (χ1n) is 7.29. The predicted octanol–water partition coefficient (Wildman–Crippen LogP) is 1.40. The summed E-state index contributed by atoms with van der Waals surface area (Å²) in [6.07, 6.45) is 0.765. The van der Waals surface area contributed by atoms with Crippen LogP contribution in [0.5, 0.6) is 5.75 Å². The van der Waals surface area contributed by atoms with Gasteiger partial charge in [0.2, 0.25) is 0 Å². The van der Waals surface area contributed by atoms with E-state index >= 15 is 0 Å². The van der Waals surface area contributed by atoms with Crippen LogP contribution in [0.2, 0.25) is 0 Å². The molecule has 3 rings (SSSR count).